The first-order valence-corrected chi connectivity index (χ1v) is 28.7. The van der Waals surface area contributed by atoms with Crippen LogP contribution in [0.3, 0.4) is 0 Å². The van der Waals surface area contributed by atoms with E-state index in [4.69, 9.17) is 68.9 Å². The third kappa shape index (κ3) is 24.2. The largest absolute Gasteiger partial charge is 0.494 e. The van der Waals surface area contributed by atoms with Crippen molar-refractivity contribution in [2.45, 2.75) is 133 Å². The average Bonchev–Trinajstić information content (AvgIpc) is 2.01. The summed E-state index contributed by atoms with van der Waals surface area (Å²) in [6, 6.07) is 43.0. The molecule has 474 valence electrons. The highest BCUT2D eigenvalue weighted by molar-refractivity contribution is 6.31. The molecule has 17 N–H and O–H groups in total. The number of hydrogen-bond donors (Lipinski definition) is 13. The van der Waals surface area contributed by atoms with Crippen LogP contribution in [-0.2, 0) is 44.7 Å². The Kier molecular flexibility index (Phi) is 35.7. The van der Waals surface area contributed by atoms with Gasteiger partial charge in [0, 0.05) is 16.7 Å². The number of aliphatic carboxylic acids is 2. The predicted octanol–water partition coefficient (Wildman–Crippen LogP) is 5.17. The van der Waals surface area contributed by atoms with E-state index in [1.54, 1.807) is 31.2 Å². The topological polar surface area (TPSA) is 377 Å². The average molecular weight is 1240 g/mol. The van der Waals surface area contributed by atoms with Crippen molar-refractivity contribution in [3.8, 4) is 11.5 Å². The molecule has 0 radical (unpaired) electrons. The Morgan fingerprint density at radius 3 is 1.08 bits per heavy atom. The standard InChI is InChI=1S/2C21H25ClO6.2C9H11NO2.C2H6O.C2H6.H2O/c2*1-2-27-15-6-3-12(4-7-15)9-14-10-13(5-8-16(14)22)21-20(26)19(25)18(24)17(11-23)28-21;2*10-8(9(11)12)6-7-4-2-1-3-5-7;1-2-3;1-2;/h2*3-8,10,17-21,23-26H,2,9,11H2,1H3;2*1-5,8H,6,10H2,(H,11,12);3H,2H2,1H3;1-2H3;1H2/t2*17-,18-,19+,20-,21+;2*8-;;;/m1100.../s1. The van der Waals surface area contributed by atoms with E-state index < -0.39 is 98.3 Å². The predicted molar refractivity (Wildman–Crippen MR) is 328 cm³/mol. The number of halogens is 2. The minimum atomic E-state index is -1.42. The van der Waals surface area contributed by atoms with Gasteiger partial charge in [0.05, 0.1) is 26.4 Å². The number of carboxylic acid groups (broad SMARTS) is 2. The van der Waals surface area contributed by atoms with Crippen LogP contribution in [0.5, 0.6) is 11.5 Å². The van der Waals surface area contributed by atoms with E-state index in [0.29, 0.717) is 60.1 Å². The molecular formula is C64H86Cl2N2O18. The Labute approximate surface area is 512 Å². The first-order valence-electron chi connectivity index (χ1n) is 28.0. The minimum Gasteiger partial charge on any atom is -0.494 e. The molecule has 0 unspecified atom stereocenters. The molecule has 2 fully saturated rings. The van der Waals surface area contributed by atoms with Gasteiger partial charge in [-0.3, -0.25) is 9.59 Å². The van der Waals surface area contributed by atoms with Gasteiger partial charge in [-0.15, -0.1) is 0 Å². The molecule has 2 aliphatic heterocycles. The molecule has 6 aromatic rings. The van der Waals surface area contributed by atoms with Crippen molar-refractivity contribution in [1.29, 1.82) is 0 Å². The van der Waals surface area contributed by atoms with Crippen LogP contribution < -0.4 is 20.9 Å². The van der Waals surface area contributed by atoms with Gasteiger partial charge < -0.3 is 92.1 Å². The summed E-state index contributed by atoms with van der Waals surface area (Å²) in [5.41, 5.74) is 17.6. The summed E-state index contributed by atoms with van der Waals surface area (Å²) in [5, 5.41) is 105. The van der Waals surface area contributed by atoms with Gasteiger partial charge in [0.2, 0.25) is 0 Å². The van der Waals surface area contributed by atoms with Crippen LogP contribution in [0.4, 0.5) is 0 Å². The zero-order chi connectivity index (χ0) is 63.2. The summed E-state index contributed by atoms with van der Waals surface area (Å²) in [5.74, 6) is -0.322. The van der Waals surface area contributed by atoms with Crippen LogP contribution in [0, 0.1) is 0 Å². The lowest BCUT2D eigenvalue weighted by molar-refractivity contribution is -0.231. The van der Waals surface area contributed by atoms with E-state index in [2.05, 4.69) is 0 Å². The first kappa shape index (κ1) is 76.0. The quantitative estimate of drug-likeness (QED) is 0.0528. The summed E-state index contributed by atoms with van der Waals surface area (Å²) in [7, 11) is 0. The molecular weight excluding hydrogens is 1160 g/mol. The molecule has 2 aliphatic rings. The Morgan fingerprint density at radius 2 is 0.802 bits per heavy atom. The molecule has 0 spiro atoms. The fraction of sp³-hybridized carbons (Fsp3) is 0.406. The number of benzene rings is 6. The van der Waals surface area contributed by atoms with E-state index in [9.17, 15) is 50.4 Å². The summed E-state index contributed by atoms with van der Waals surface area (Å²) in [6.07, 6.45) is -10.0. The van der Waals surface area contributed by atoms with Gasteiger partial charge in [0.15, 0.2) is 0 Å². The zero-order valence-electron chi connectivity index (χ0n) is 48.9. The van der Waals surface area contributed by atoms with Crippen LogP contribution in [0.1, 0.15) is 91.3 Å². The maximum Gasteiger partial charge on any atom is 0.320 e. The number of aliphatic hydroxyl groups is 9. The monoisotopic (exact) mass is 1240 g/mol. The van der Waals surface area contributed by atoms with E-state index in [0.717, 1.165) is 44.9 Å². The lowest BCUT2D eigenvalue weighted by Crippen LogP contribution is -2.55. The highest BCUT2D eigenvalue weighted by atomic mass is 35.5. The highest BCUT2D eigenvalue weighted by Crippen LogP contribution is 2.36. The van der Waals surface area contributed by atoms with Gasteiger partial charge in [-0.2, -0.15) is 0 Å². The number of carbonyl (C=O) groups is 2. The van der Waals surface area contributed by atoms with Gasteiger partial charge in [0.25, 0.3) is 0 Å². The molecule has 8 rings (SSSR count). The second-order valence-corrected chi connectivity index (χ2v) is 20.1. The third-order valence-electron chi connectivity index (χ3n) is 13.1. The van der Waals surface area contributed by atoms with Crippen molar-refractivity contribution in [2.24, 2.45) is 11.5 Å². The van der Waals surface area contributed by atoms with Crippen molar-refractivity contribution in [1.82, 2.24) is 0 Å². The maximum atomic E-state index is 10.4. The Bertz CT molecular complexity index is 2630. The lowest BCUT2D eigenvalue weighted by Gasteiger charge is -2.40. The summed E-state index contributed by atoms with van der Waals surface area (Å²) in [4.78, 5) is 20.8. The Morgan fingerprint density at radius 1 is 0.488 bits per heavy atom. The molecule has 0 saturated carbocycles. The normalized spacial score (nSPS) is 21.7. The maximum absolute atomic E-state index is 10.4. The second-order valence-electron chi connectivity index (χ2n) is 19.3. The molecule has 0 aliphatic carbocycles. The van der Waals surface area contributed by atoms with Crippen molar-refractivity contribution in [3.05, 3.63) is 200 Å². The third-order valence-corrected chi connectivity index (χ3v) is 13.8. The second kappa shape index (κ2) is 40.4. The van der Waals surface area contributed by atoms with E-state index in [1.165, 1.54) is 0 Å². The van der Waals surface area contributed by atoms with Crippen LogP contribution in [0.2, 0.25) is 10.0 Å². The van der Waals surface area contributed by atoms with Crippen molar-refractivity contribution < 1.29 is 90.2 Å². The van der Waals surface area contributed by atoms with Crippen LogP contribution in [-0.4, -0.2) is 168 Å². The van der Waals surface area contributed by atoms with Crippen LogP contribution in [0.25, 0.3) is 0 Å². The van der Waals surface area contributed by atoms with Gasteiger partial charge in [-0.1, -0.05) is 146 Å². The van der Waals surface area contributed by atoms with Gasteiger partial charge >= 0.3 is 11.9 Å². The molecule has 2 saturated heterocycles. The molecule has 20 nitrogen and oxygen atoms in total. The number of hydrogen-bond acceptors (Lipinski definition) is 17. The number of ether oxygens (including phenoxy) is 4. The molecule has 6 aromatic carbocycles. The van der Waals surface area contributed by atoms with Crippen molar-refractivity contribution >= 4 is 35.1 Å². The molecule has 12 atom stereocenters. The zero-order valence-corrected chi connectivity index (χ0v) is 50.4. The molecule has 86 heavy (non-hydrogen) atoms. The smallest absolute Gasteiger partial charge is 0.320 e. The number of nitrogens with two attached hydrogens (primary N) is 2. The molecule has 0 amide bonds. The molecule has 2 heterocycles. The van der Waals surface area contributed by atoms with Crippen molar-refractivity contribution in [2.75, 3.05) is 33.0 Å². The summed E-state index contributed by atoms with van der Waals surface area (Å²) in [6.45, 7) is 10.1. The lowest BCUT2D eigenvalue weighted by atomic mass is 9.90. The van der Waals surface area contributed by atoms with Crippen molar-refractivity contribution in [3.63, 3.8) is 0 Å². The van der Waals surface area contributed by atoms with Gasteiger partial charge in [0.1, 0.15) is 84.6 Å². The fourth-order valence-electron chi connectivity index (χ4n) is 8.66. The first-order chi connectivity index (χ1) is 40.7. The van der Waals surface area contributed by atoms with Gasteiger partial charge in [-0.25, -0.2) is 0 Å². The van der Waals surface area contributed by atoms with Gasteiger partial charge in [-0.05, 0) is 127 Å². The Balaban J connectivity index is 0.000000404. The molecule has 0 bridgehead atoms. The van der Waals surface area contributed by atoms with E-state index in [-0.39, 0.29) is 12.1 Å². The summed E-state index contributed by atoms with van der Waals surface area (Å²) < 4.78 is 22.2. The summed E-state index contributed by atoms with van der Waals surface area (Å²) >= 11 is 12.7. The minimum absolute atomic E-state index is 0. The SMILES string of the molecule is CC.CCO.CCOc1ccc(Cc2cc([C@@H]3O[C@H](CO)[C@@H](O)[C@H](O)[C@H]3O)ccc2Cl)cc1.CCOc1ccc(Cc2cc([C@@H]3O[C@H](CO)[C@@H](O)[C@H](O)[C@H]3O)ccc2Cl)cc1.N[C@@H](Cc1ccccc1)C(=O)O.N[C@@H](Cc1ccccc1)C(=O)O.O. The molecule has 0 aromatic heterocycles. The number of aliphatic hydroxyl groups excluding tert-OH is 9. The molecule has 22 heteroatoms. The van der Waals surface area contributed by atoms with E-state index >= 15 is 0 Å². The number of carboxylic acids is 2. The van der Waals surface area contributed by atoms with Crippen LogP contribution in [0.15, 0.2) is 146 Å². The van der Waals surface area contributed by atoms with E-state index in [1.807, 2.05) is 149 Å². The Hall–Kier alpha value is -6.12. The number of rotatable bonds is 18. The van der Waals surface area contributed by atoms with Crippen LogP contribution >= 0.6 is 23.2 Å². The highest BCUT2D eigenvalue weighted by Gasteiger charge is 2.45. The fourth-order valence-corrected chi connectivity index (χ4v) is 9.03.